The van der Waals surface area contributed by atoms with Gasteiger partial charge in [-0.25, -0.2) is 0 Å². The molecule has 0 aliphatic heterocycles. The molecule has 0 fully saturated rings. The Morgan fingerprint density at radius 3 is 2.64 bits per heavy atom. The van der Waals surface area contributed by atoms with Gasteiger partial charge in [0.2, 0.25) is 0 Å². The molecule has 11 heavy (non-hydrogen) atoms. The minimum Gasteiger partial charge on any atom is -0.405 e. The molecule has 0 atom stereocenters. The third-order valence-electron chi connectivity index (χ3n) is 1.04. The summed E-state index contributed by atoms with van der Waals surface area (Å²) in [7, 11) is 0. The maximum Gasteiger partial charge on any atom is -0.00518 e. The van der Waals surface area contributed by atoms with Crippen LogP contribution in [0, 0.1) is 0 Å². The fourth-order valence-corrected chi connectivity index (χ4v) is 1.23. The van der Waals surface area contributed by atoms with E-state index in [4.69, 9.17) is 5.73 Å². The van der Waals surface area contributed by atoms with E-state index in [1.807, 2.05) is 23.9 Å². The SMILES string of the molecule is CCS/C(C)=C/C=C\C=C\N. The lowest BCUT2D eigenvalue weighted by Crippen LogP contribution is -1.72. The van der Waals surface area contributed by atoms with Gasteiger partial charge in [0.1, 0.15) is 0 Å². The average molecular weight is 169 g/mol. The van der Waals surface area contributed by atoms with E-state index in [1.54, 1.807) is 6.08 Å². The second-order valence-corrected chi connectivity index (χ2v) is 3.49. The molecular formula is C9H15NS. The quantitative estimate of drug-likeness (QED) is 0.655. The molecule has 0 heterocycles. The molecule has 2 heteroatoms. The molecule has 0 radical (unpaired) electrons. The van der Waals surface area contributed by atoms with Crippen molar-refractivity contribution >= 4 is 11.8 Å². The minimum absolute atomic E-state index is 1.13. The van der Waals surface area contributed by atoms with Gasteiger partial charge in [-0.05, 0) is 29.9 Å². The van der Waals surface area contributed by atoms with E-state index in [9.17, 15) is 0 Å². The van der Waals surface area contributed by atoms with Crippen molar-refractivity contribution in [3.05, 3.63) is 35.4 Å². The Morgan fingerprint density at radius 1 is 1.36 bits per heavy atom. The first-order chi connectivity index (χ1) is 5.31. The van der Waals surface area contributed by atoms with Crippen LogP contribution in [0.5, 0.6) is 0 Å². The van der Waals surface area contributed by atoms with Crippen LogP contribution in [0.1, 0.15) is 13.8 Å². The molecule has 0 spiro atoms. The Morgan fingerprint density at radius 2 is 2.09 bits per heavy atom. The van der Waals surface area contributed by atoms with Gasteiger partial charge in [-0.1, -0.05) is 25.2 Å². The molecule has 0 saturated heterocycles. The first-order valence-corrected chi connectivity index (χ1v) is 4.64. The molecule has 0 unspecified atom stereocenters. The summed E-state index contributed by atoms with van der Waals surface area (Å²) in [5, 5.41) is 0. The van der Waals surface area contributed by atoms with Gasteiger partial charge in [0.15, 0.2) is 0 Å². The lowest BCUT2D eigenvalue weighted by Gasteiger charge is -1.92. The molecule has 0 aromatic heterocycles. The van der Waals surface area contributed by atoms with Gasteiger partial charge < -0.3 is 5.73 Å². The van der Waals surface area contributed by atoms with Crippen molar-refractivity contribution in [2.24, 2.45) is 5.73 Å². The van der Waals surface area contributed by atoms with Gasteiger partial charge in [0.05, 0.1) is 0 Å². The molecule has 0 aliphatic rings. The third-order valence-corrected chi connectivity index (χ3v) is 1.92. The number of hydrogen-bond donors (Lipinski definition) is 1. The topological polar surface area (TPSA) is 26.0 Å². The van der Waals surface area contributed by atoms with Crippen LogP contribution in [0.15, 0.2) is 35.4 Å². The molecule has 0 rings (SSSR count). The maximum absolute atomic E-state index is 5.15. The van der Waals surface area contributed by atoms with Crippen molar-refractivity contribution in [3.63, 3.8) is 0 Å². The fourth-order valence-electron chi connectivity index (χ4n) is 0.595. The zero-order valence-corrected chi connectivity index (χ0v) is 7.90. The van der Waals surface area contributed by atoms with Crippen LogP contribution in [0.25, 0.3) is 0 Å². The molecule has 2 N–H and O–H groups in total. The number of hydrogen-bond acceptors (Lipinski definition) is 2. The fraction of sp³-hybridized carbons (Fsp3) is 0.333. The van der Waals surface area contributed by atoms with Crippen molar-refractivity contribution in [1.29, 1.82) is 0 Å². The van der Waals surface area contributed by atoms with E-state index in [2.05, 4.69) is 19.9 Å². The van der Waals surface area contributed by atoms with Crippen LogP contribution in [-0.4, -0.2) is 5.75 Å². The lowest BCUT2D eigenvalue weighted by atomic mass is 10.4. The first kappa shape index (κ1) is 10.4. The number of allylic oxidation sites excluding steroid dienone is 5. The highest BCUT2D eigenvalue weighted by Crippen LogP contribution is 2.12. The largest absolute Gasteiger partial charge is 0.405 e. The summed E-state index contributed by atoms with van der Waals surface area (Å²) in [5.41, 5.74) is 5.15. The Hall–Kier alpha value is -0.630. The summed E-state index contributed by atoms with van der Waals surface area (Å²) >= 11 is 1.84. The highest BCUT2D eigenvalue weighted by molar-refractivity contribution is 8.03. The van der Waals surface area contributed by atoms with E-state index in [-0.39, 0.29) is 0 Å². The van der Waals surface area contributed by atoms with Crippen LogP contribution in [0.3, 0.4) is 0 Å². The second-order valence-electron chi connectivity index (χ2n) is 1.98. The molecule has 1 nitrogen and oxygen atoms in total. The monoisotopic (exact) mass is 169 g/mol. The van der Waals surface area contributed by atoms with E-state index < -0.39 is 0 Å². The van der Waals surface area contributed by atoms with Gasteiger partial charge in [0, 0.05) is 0 Å². The average Bonchev–Trinajstić information content (AvgIpc) is 1.99. The highest BCUT2D eigenvalue weighted by atomic mass is 32.2. The van der Waals surface area contributed by atoms with E-state index in [1.165, 1.54) is 11.1 Å². The van der Waals surface area contributed by atoms with E-state index >= 15 is 0 Å². The number of nitrogens with two attached hydrogens (primary N) is 1. The molecule has 0 aromatic rings. The summed E-state index contributed by atoms with van der Waals surface area (Å²) in [6.45, 7) is 4.25. The minimum atomic E-state index is 1.13. The van der Waals surface area contributed by atoms with Crippen LogP contribution in [-0.2, 0) is 0 Å². The predicted octanol–water partition coefficient (Wildman–Crippen LogP) is 2.67. The number of thioether (sulfide) groups is 1. The number of rotatable bonds is 4. The predicted molar refractivity (Wildman–Crippen MR) is 54.4 cm³/mol. The van der Waals surface area contributed by atoms with Gasteiger partial charge in [-0.3, -0.25) is 0 Å². The standard InChI is InChI=1S/C9H15NS/c1-3-11-9(2)7-5-4-6-8-10/h4-8H,3,10H2,1-2H3/b5-4-,8-6+,9-7+. The third kappa shape index (κ3) is 7.26. The van der Waals surface area contributed by atoms with Crippen molar-refractivity contribution in [2.75, 3.05) is 5.75 Å². The molecule has 0 saturated carbocycles. The summed E-state index contributed by atoms with van der Waals surface area (Å²) in [5.74, 6) is 1.13. The van der Waals surface area contributed by atoms with Gasteiger partial charge >= 0.3 is 0 Å². The maximum atomic E-state index is 5.15. The lowest BCUT2D eigenvalue weighted by molar-refractivity contribution is 1.52. The van der Waals surface area contributed by atoms with Gasteiger partial charge in [-0.15, -0.1) is 11.8 Å². The van der Waals surface area contributed by atoms with Gasteiger partial charge in [-0.2, -0.15) is 0 Å². The van der Waals surface area contributed by atoms with E-state index in [0.717, 1.165) is 5.75 Å². The van der Waals surface area contributed by atoms with Crippen molar-refractivity contribution in [1.82, 2.24) is 0 Å². The zero-order valence-electron chi connectivity index (χ0n) is 7.08. The van der Waals surface area contributed by atoms with Crippen molar-refractivity contribution in [3.8, 4) is 0 Å². The molecular weight excluding hydrogens is 154 g/mol. The van der Waals surface area contributed by atoms with Crippen molar-refractivity contribution in [2.45, 2.75) is 13.8 Å². The van der Waals surface area contributed by atoms with Gasteiger partial charge in [0.25, 0.3) is 0 Å². The highest BCUT2D eigenvalue weighted by Gasteiger charge is 1.82. The Kier molecular flexibility index (Phi) is 7.05. The summed E-state index contributed by atoms with van der Waals surface area (Å²) in [6, 6.07) is 0. The Labute approximate surface area is 73.1 Å². The summed E-state index contributed by atoms with van der Waals surface area (Å²) < 4.78 is 0. The smallest absolute Gasteiger partial charge is 0.00518 e. The van der Waals surface area contributed by atoms with Crippen LogP contribution >= 0.6 is 11.8 Å². The molecule has 62 valence electrons. The van der Waals surface area contributed by atoms with Crippen molar-refractivity contribution < 1.29 is 0 Å². The normalized spacial score (nSPS) is 13.5. The molecule has 0 bridgehead atoms. The van der Waals surface area contributed by atoms with E-state index in [0.29, 0.717) is 0 Å². The first-order valence-electron chi connectivity index (χ1n) is 3.66. The van der Waals surface area contributed by atoms with Crippen LogP contribution in [0.2, 0.25) is 0 Å². The Bertz CT molecular complexity index is 168. The zero-order chi connectivity index (χ0) is 8.53. The molecule has 0 amide bonds. The van der Waals surface area contributed by atoms with Crippen LogP contribution < -0.4 is 5.73 Å². The Balaban J connectivity index is 3.71. The molecule has 0 aliphatic carbocycles. The summed E-state index contributed by atoms with van der Waals surface area (Å²) in [4.78, 5) is 1.33. The second kappa shape index (κ2) is 7.48. The molecule has 0 aromatic carbocycles. The summed E-state index contributed by atoms with van der Waals surface area (Å²) in [6.07, 6.45) is 9.31. The van der Waals surface area contributed by atoms with Crippen LogP contribution in [0.4, 0.5) is 0 Å².